The molecular weight excluding hydrogens is 328 g/mol. The quantitative estimate of drug-likeness (QED) is 0.564. The first-order valence-corrected chi connectivity index (χ1v) is 9.25. The summed E-state index contributed by atoms with van der Waals surface area (Å²) >= 11 is 0. The minimum Gasteiger partial charge on any atom is -0.489 e. The highest BCUT2D eigenvalue weighted by Gasteiger charge is 2.29. The lowest BCUT2D eigenvalue weighted by molar-refractivity contribution is 0.161. The molecule has 0 aromatic heterocycles. The smallest absolute Gasteiger partial charge is 0.268 e. The van der Waals surface area contributed by atoms with E-state index in [0.29, 0.717) is 12.2 Å². The zero-order valence-corrected chi connectivity index (χ0v) is 17.0. The zero-order chi connectivity index (χ0) is 19.7. The van der Waals surface area contributed by atoms with Crippen LogP contribution in [0.25, 0.3) is 6.08 Å². The first-order chi connectivity index (χ1) is 11.9. The van der Waals surface area contributed by atoms with Crippen molar-refractivity contribution in [3.8, 4) is 5.75 Å². The molecule has 1 aliphatic heterocycles. The van der Waals surface area contributed by atoms with Crippen molar-refractivity contribution in [3.63, 3.8) is 0 Å². The van der Waals surface area contributed by atoms with Gasteiger partial charge in [0.15, 0.2) is 5.75 Å². The third-order valence-corrected chi connectivity index (χ3v) is 4.25. The van der Waals surface area contributed by atoms with Gasteiger partial charge in [0.05, 0.1) is 12.2 Å². The van der Waals surface area contributed by atoms with Crippen molar-refractivity contribution in [2.45, 2.75) is 61.3 Å². The van der Waals surface area contributed by atoms with E-state index in [1.807, 2.05) is 19.1 Å². The van der Waals surface area contributed by atoms with E-state index in [1.165, 1.54) is 0 Å². The summed E-state index contributed by atoms with van der Waals surface area (Å²) in [6.45, 7) is 15.0. The van der Waals surface area contributed by atoms with Crippen LogP contribution in [-0.4, -0.2) is 6.61 Å². The second-order valence-corrected chi connectivity index (χ2v) is 8.87. The fourth-order valence-electron chi connectivity index (χ4n) is 2.49. The van der Waals surface area contributed by atoms with E-state index in [2.05, 4.69) is 41.5 Å². The van der Waals surface area contributed by atoms with Gasteiger partial charge in [0, 0.05) is 10.8 Å². The molecule has 2 rings (SSSR count). The SMILES string of the molecule is CCCCOc1c(C=C2C=C(C(C)(C)C)OC(C(C)(C)C)=C2)c(=O)c1=O. The third-order valence-electron chi connectivity index (χ3n) is 4.25. The average molecular weight is 358 g/mol. The summed E-state index contributed by atoms with van der Waals surface area (Å²) in [5.74, 6) is 1.87. The van der Waals surface area contributed by atoms with Crippen LogP contribution in [0.4, 0.5) is 0 Å². The summed E-state index contributed by atoms with van der Waals surface area (Å²) in [4.78, 5) is 23.9. The monoisotopic (exact) mass is 358 g/mol. The number of unbranched alkanes of at least 4 members (excludes halogenated alkanes) is 1. The Labute approximate surface area is 155 Å². The lowest BCUT2D eigenvalue weighted by atomic mass is 9.86. The van der Waals surface area contributed by atoms with Gasteiger partial charge in [-0.15, -0.1) is 0 Å². The van der Waals surface area contributed by atoms with Crippen molar-refractivity contribution in [2.75, 3.05) is 6.61 Å². The molecule has 0 unspecified atom stereocenters. The molecule has 0 N–H and O–H groups in total. The predicted molar refractivity (Wildman–Crippen MR) is 106 cm³/mol. The summed E-state index contributed by atoms with van der Waals surface area (Å²) in [6, 6.07) is 0. The molecule has 0 amide bonds. The van der Waals surface area contributed by atoms with Crippen molar-refractivity contribution in [2.24, 2.45) is 10.8 Å². The fourth-order valence-corrected chi connectivity index (χ4v) is 2.49. The third kappa shape index (κ3) is 4.35. The van der Waals surface area contributed by atoms with Gasteiger partial charge in [-0.05, 0) is 30.2 Å². The molecule has 0 radical (unpaired) electrons. The van der Waals surface area contributed by atoms with E-state index in [1.54, 1.807) is 6.08 Å². The Morgan fingerprint density at radius 1 is 0.962 bits per heavy atom. The largest absolute Gasteiger partial charge is 0.489 e. The molecule has 0 saturated carbocycles. The number of hydrogen-bond donors (Lipinski definition) is 0. The summed E-state index contributed by atoms with van der Waals surface area (Å²) in [5.41, 5.74) is -0.140. The van der Waals surface area contributed by atoms with Crippen molar-refractivity contribution in [1.82, 2.24) is 0 Å². The summed E-state index contributed by atoms with van der Waals surface area (Å²) in [6.07, 6.45) is 7.43. The van der Waals surface area contributed by atoms with Crippen molar-refractivity contribution < 1.29 is 9.47 Å². The van der Waals surface area contributed by atoms with E-state index < -0.39 is 10.9 Å². The molecule has 0 fully saturated rings. The van der Waals surface area contributed by atoms with E-state index in [0.717, 1.165) is 29.9 Å². The summed E-state index contributed by atoms with van der Waals surface area (Å²) < 4.78 is 11.7. The Bertz CT molecular complexity index is 797. The Kier molecular flexibility index (Phi) is 5.64. The topological polar surface area (TPSA) is 52.6 Å². The van der Waals surface area contributed by atoms with Gasteiger partial charge in [-0.1, -0.05) is 54.9 Å². The Balaban J connectivity index is 2.44. The maximum Gasteiger partial charge on any atom is 0.268 e. The lowest BCUT2D eigenvalue weighted by Gasteiger charge is -2.32. The maximum atomic E-state index is 12.0. The second kappa shape index (κ2) is 7.26. The molecule has 4 heteroatoms. The normalized spacial score (nSPS) is 15.4. The van der Waals surface area contributed by atoms with Crippen LogP contribution >= 0.6 is 0 Å². The minimum absolute atomic E-state index is 0.169. The van der Waals surface area contributed by atoms with Crippen LogP contribution in [0.2, 0.25) is 0 Å². The highest BCUT2D eigenvalue weighted by atomic mass is 16.5. The molecular formula is C22H30O4. The zero-order valence-electron chi connectivity index (χ0n) is 17.0. The van der Waals surface area contributed by atoms with Gasteiger partial charge in [0.1, 0.15) is 11.5 Å². The Morgan fingerprint density at radius 2 is 1.50 bits per heavy atom. The van der Waals surface area contributed by atoms with Crippen molar-refractivity contribution >= 4 is 6.08 Å². The number of ether oxygens (including phenoxy) is 2. The summed E-state index contributed by atoms with van der Waals surface area (Å²) in [5, 5.41) is 0. The first kappa shape index (κ1) is 20.2. The Morgan fingerprint density at radius 3 is 1.96 bits per heavy atom. The fraction of sp³-hybridized carbons (Fsp3) is 0.545. The molecule has 4 nitrogen and oxygen atoms in total. The Hall–Kier alpha value is -2.10. The van der Waals surface area contributed by atoms with Gasteiger partial charge in [0.2, 0.25) is 5.43 Å². The number of allylic oxidation sites excluding steroid dienone is 5. The van der Waals surface area contributed by atoms with E-state index >= 15 is 0 Å². The van der Waals surface area contributed by atoms with Crippen molar-refractivity contribution in [3.05, 3.63) is 55.3 Å². The van der Waals surface area contributed by atoms with Crippen LogP contribution in [-0.2, 0) is 4.74 Å². The molecule has 1 aliphatic rings. The van der Waals surface area contributed by atoms with E-state index in [4.69, 9.17) is 9.47 Å². The summed E-state index contributed by atoms with van der Waals surface area (Å²) in [7, 11) is 0. The minimum atomic E-state index is -0.528. The predicted octanol–water partition coefficient (Wildman–Crippen LogP) is 4.74. The van der Waals surface area contributed by atoms with Gasteiger partial charge >= 0.3 is 0 Å². The second-order valence-electron chi connectivity index (χ2n) is 8.87. The molecule has 142 valence electrons. The molecule has 1 heterocycles. The molecule has 1 aromatic carbocycles. The van der Waals surface area contributed by atoms with Crippen LogP contribution in [0, 0.1) is 10.8 Å². The van der Waals surface area contributed by atoms with Gasteiger partial charge in [-0.3, -0.25) is 9.59 Å². The van der Waals surface area contributed by atoms with Crippen LogP contribution in [0.5, 0.6) is 5.75 Å². The van der Waals surface area contributed by atoms with Gasteiger partial charge in [-0.2, -0.15) is 0 Å². The van der Waals surface area contributed by atoms with Crippen LogP contribution < -0.4 is 15.6 Å². The van der Waals surface area contributed by atoms with Gasteiger partial charge in [0.25, 0.3) is 5.43 Å². The molecule has 0 aliphatic carbocycles. The first-order valence-electron chi connectivity index (χ1n) is 9.25. The molecule has 0 atom stereocenters. The average Bonchev–Trinajstić information content (AvgIpc) is 2.55. The molecule has 0 bridgehead atoms. The molecule has 0 saturated heterocycles. The number of rotatable bonds is 5. The van der Waals surface area contributed by atoms with Gasteiger partial charge in [-0.25, -0.2) is 0 Å². The van der Waals surface area contributed by atoms with Gasteiger partial charge < -0.3 is 9.47 Å². The standard InChI is InChI=1S/C22H30O4/c1-8-9-10-25-20-15(18(23)19(20)24)11-14-12-16(21(2,3)4)26-17(13-14)22(5,6)7/h11-13H,8-10H2,1-7H3. The molecule has 1 aromatic rings. The lowest BCUT2D eigenvalue weighted by Crippen LogP contribution is -2.35. The van der Waals surface area contributed by atoms with E-state index in [9.17, 15) is 9.59 Å². The highest BCUT2D eigenvalue weighted by molar-refractivity contribution is 5.68. The van der Waals surface area contributed by atoms with Crippen LogP contribution in [0.1, 0.15) is 66.9 Å². The molecule has 0 spiro atoms. The molecule has 26 heavy (non-hydrogen) atoms. The maximum absolute atomic E-state index is 12.0. The number of hydrogen-bond acceptors (Lipinski definition) is 4. The van der Waals surface area contributed by atoms with Crippen LogP contribution in [0.15, 0.2) is 38.8 Å². The van der Waals surface area contributed by atoms with E-state index in [-0.39, 0.29) is 16.6 Å². The van der Waals surface area contributed by atoms with Crippen LogP contribution in [0.3, 0.4) is 0 Å². The highest BCUT2D eigenvalue weighted by Crippen LogP contribution is 2.39. The van der Waals surface area contributed by atoms with Crippen molar-refractivity contribution in [1.29, 1.82) is 0 Å².